The van der Waals surface area contributed by atoms with Crippen molar-refractivity contribution in [2.24, 2.45) is 5.92 Å². The van der Waals surface area contributed by atoms with Crippen LogP contribution in [0.2, 0.25) is 0 Å². The molecule has 0 bridgehead atoms. The Labute approximate surface area is 111 Å². The molecule has 1 aromatic rings. The molecule has 1 unspecified atom stereocenters. The molecular formula is C16H26N2. The molecule has 0 saturated heterocycles. The van der Waals surface area contributed by atoms with Crippen molar-refractivity contribution in [1.29, 1.82) is 0 Å². The minimum absolute atomic E-state index is 0.511. The van der Waals surface area contributed by atoms with Crippen LogP contribution in [-0.2, 0) is 0 Å². The molecule has 1 aromatic heterocycles. The van der Waals surface area contributed by atoms with E-state index in [-0.39, 0.29) is 0 Å². The average molecular weight is 246 g/mol. The maximum atomic E-state index is 4.29. The van der Waals surface area contributed by atoms with Gasteiger partial charge in [0.2, 0.25) is 0 Å². The summed E-state index contributed by atoms with van der Waals surface area (Å²) >= 11 is 0. The van der Waals surface area contributed by atoms with Gasteiger partial charge < -0.3 is 5.32 Å². The Kier molecular flexibility index (Phi) is 5.66. The summed E-state index contributed by atoms with van der Waals surface area (Å²) in [7, 11) is 0. The summed E-state index contributed by atoms with van der Waals surface area (Å²) in [5, 5.41) is 3.74. The molecule has 0 amide bonds. The number of hydrogen-bond acceptors (Lipinski definition) is 2. The van der Waals surface area contributed by atoms with Crippen molar-refractivity contribution < 1.29 is 0 Å². The third-order valence-electron chi connectivity index (χ3n) is 4.03. The van der Waals surface area contributed by atoms with E-state index in [0.29, 0.717) is 6.04 Å². The molecule has 1 atom stereocenters. The molecule has 1 aliphatic carbocycles. The molecule has 2 heteroatoms. The zero-order chi connectivity index (χ0) is 12.6. The Morgan fingerprint density at radius 3 is 2.67 bits per heavy atom. The predicted octanol–water partition coefficient (Wildman–Crippen LogP) is 4.09. The van der Waals surface area contributed by atoms with Crippen LogP contribution in [-0.4, -0.2) is 11.5 Å². The van der Waals surface area contributed by atoms with Crippen LogP contribution < -0.4 is 5.32 Å². The summed E-state index contributed by atoms with van der Waals surface area (Å²) in [6.45, 7) is 3.34. The Balaban J connectivity index is 2.08. The lowest BCUT2D eigenvalue weighted by molar-refractivity contribution is 0.325. The minimum atomic E-state index is 0.511. The molecule has 2 nitrogen and oxygen atoms in total. The molecule has 0 spiro atoms. The number of hydrogen-bond donors (Lipinski definition) is 1. The van der Waals surface area contributed by atoms with Crippen LogP contribution in [0.5, 0.6) is 0 Å². The van der Waals surface area contributed by atoms with E-state index in [1.807, 2.05) is 12.4 Å². The van der Waals surface area contributed by atoms with Crippen LogP contribution in [0.4, 0.5) is 0 Å². The van der Waals surface area contributed by atoms with Crippen LogP contribution in [0.3, 0.4) is 0 Å². The largest absolute Gasteiger partial charge is 0.310 e. The first kappa shape index (κ1) is 13.5. The van der Waals surface area contributed by atoms with Gasteiger partial charge in [-0.2, -0.15) is 0 Å². The lowest BCUT2D eigenvalue weighted by Crippen LogP contribution is -2.29. The van der Waals surface area contributed by atoms with Crippen molar-refractivity contribution in [3.05, 3.63) is 30.1 Å². The first-order valence-corrected chi connectivity index (χ1v) is 7.55. The summed E-state index contributed by atoms with van der Waals surface area (Å²) in [5.41, 5.74) is 1.37. The molecule has 1 heterocycles. The first-order valence-electron chi connectivity index (χ1n) is 7.55. The van der Waals surface area contributed by atoms with Crippen molar-refractivity contribution in [3.63, 3.8) is 0 Å². The Hall–Kier alpha value is -0.890. The fourth-order valence-corrected chi connectivity index (χ4v) is 3.06. The van der Waals surface area contributed by atoms with Crippen LogP contribution in [0.25, 0.3) is 0 Å². The minimum Gasteiger partial charge on any atom is -0.310 e. The molecule has 1 aliphatic rings. The number of nitrogens with one attached hydrogen (secondary N) is 1. The zero-order valence-corrected chi connectivity index (χ0v) is 11.6. The van der Waals surface area contributed by atoms with Gasteiger partial charge in [-0.05, 0) is 43.4 Å². The van der Waals surface area contributed by atoms with Crippen molar-refractivity contribution >= 4 is 0 Å². The van der Waals surface area contributed by atoms with Crippen molar-refractivity contribution in [1.82, 2.24) is 10.3 Å². The number of aromatic nitrogens is 1. The molecule has 2 rings (SSSR count). The van der Waals surface area contributed by atoms with E-state index in [1.165, 1.54) is 50.5 Å². The van der Waals surface area contributed by atoms with Gasteiger partial charge in [0.15, 0.2) is 0 Å². The number of pyridine rings is 1. The van der Waals surface area contributed by atoms with Crippen molar-refractivity contribution in [3.8, 4) is 0 Å². The molecular weight excluding hydrogens is 220 g/mol. The molecule has 0 radical (unpaired) electrons. The zero-order valence-electron chi connectivity index (χ0n) is 11.6. The number of rotatable bonds is 5. The van der Waals surface area contributed by atoms with Crippen LogP contribution in [0.1, 0.15) is 63.5 Å². The fourth-order valence-electron chi connectivity index (χ4n) is 3.06. The standard InChI is InChI=1S/C16H26N2/c1-2-11-18-16(15-10-7-12-17-13-15)14-8-5-3-4-6-9-14/h7,10,12-14,16,18H,2-6,8-9,11H2,1H3. The quantitative estimate of drug-likeness (QED) is 0.791. The molecule has 100 valence electrons. The second kappa shape index (κ2) is 7.52. The topological polar surface area (TPSA) is 24.9 Å². The highest BCUT2D eigenvalue weighted by Gasteiger charge is 2.23. The average Bonchev–Trinajstić information content (AvgIpc) is 2.70. The monoisotopic (exact) mass is 246 g/mol. The fraction of sp³-hybridized carbons (Fsp3) is 0.688. The maximum Gasteiger partial charge on any atom is 0.0363 e. The smallest absolute Gasteiger partial charge is 0.0363 e. The Bertz CT molecular complexity index is 315. The molecule has 18 heavy (non-hydrogen) atoms. The van der Waals surface area contributed by atoms with E-state index >= 15 is 0 Å². The molecule has 1 fully saturated rings. The van der Waals surface area contributed by atoms with Gasteiger partial charge in [0.25, 0.3) is 0 Å². The third-order valence-corrected chi connectivity index (χ3v) is 4.03. The summed E-state index contributed by atoms with van der Waals surface area (Å²) in [6.07, 6.45) is 13.5. The first-order chi connectivity index (χ1) is 8.92. The predicted molar refractivity (Wildman–Crippen MR) is 76.5 cm³/mol. The van der Waals surface area contributed by atoms with Crippen LogP contribution in [0, 0.1) is 5.92 Å². The van der Waals surface area contributed by atoms with Gasteiger partial charge in [0.05, 0.1) is 0 Å². The van der Waals surface area contributed by atoms with E-state index in [2.05, 4.69) is 29.4 Å². The lowest BCUT2D eigenvalue weighted by atomic mass is 9.88. The number of nitrogens with zero attached hydrogens (tertiary/aromatic N) is 1. The normalized spacial score (nSPS) is 19.4. The molecule has 0 aliphatic heterocycles. The van der Waals surface area contributed by atoms with Gasteiger partial charge >= 0.3 is 0 Å². The molecule has 0 aromatic carbocycles. The summed E-state index contributed by atoms with van der Waals surface area (Å²) in [4.78, 5) is 4.29. The van der Waals surface area contributed by atoms with Gasteiger partial charge in [-0.15, -0.1) is 0 Å². The molecule has 1 saturated carbocycles. The third kappa shape index (κ3) is 3.81. The summed E-state index contributed by atoms with van der Waals surface area (Å²) in [6, 6.07) is 4.80. The van der Waals surface area contributed by atoms with E-state index in [4.69, 9.17) is 0 Å². The van der Waals surface area contributed by atoms with Gasteiger partial charge in [-0.1, -0.05) is 38.7 Å². The second-order valence-electron chi connectivity index (χ2n) is 5.47. The van der Waals surface area contributed by atoms with Crippen LogP contribution >= 0.6 is 0 Å². The highest BCUT2D eigenvalue weighted by Crippen LogP contribution is 2.33. The van der Waals surface area contributed by atoms with Crippen LogP contribution in [0.15, 0.2) is 24.5 Å². The Morgan fingerprint density at radius 2 is 2.06 bits per heavy atom. The van der Waals surface area contributed by atoms with E-state index < -0.39 is 0 Å². The van der Waals surface area contributed by atoms with Crippen molar-refractivity contribution in [2.75, 3.05) is 6.54 Å². The SMILES string of the molecule is CCCNC(c1cccnc1)C1CCCCCC1. The maximum absolute atomic E-state index is 4.29. The van der Waals surface area contributed by atoms with Gasteiger partial charge in [-0.25, -0.2) is 0 Å². The highest BCUT2D eigenvalue weighted by atomic mass is 14.9. The van der Waals surface area contributed by atoms with Gasteiger partial charge in [-0.3, -0.25) is 4.98 Å². The van der Waals surface area contributed by atoms with E-state index in [0.717, 1.165) is 12.5 Å². The van der Waals surface area contributed by atoms with Gasteiger partial charge in [0, 0.05) is 18.4 Å². The second-order valence-corrected chi connectivity index (χ2v) is 5.47. The lowest BCUT2D eigenvalue weighted by Gasteiger charge is -2.27. The highest BCUT2D eigenvalue weighted by molar-refractivity contribution is 5.15. The summed E-state index contributed by atoms with van der Waals surface area (Å²) in [5.74, 6) is 0.795. The van der Waals surface area contributed by atoms with E-state index in [9.17, 15) is 0 Å². The summed E-state index contributed by atoms with van der Waals surface area (Å²) < 4.78 is 0. The van der Waals surface area contributed by atoms with E-state index in [1.54, 1.807) is 0 Å². The Morgan fingerprint density at radius 1 is 1.28 bits per heavy atom. The van der Waals surface area contributed by atoms with Crippen molar-refractivity contribution in [2.45, 2.75) is 57.9 Å². The molecule has 1 N–H and O–H groups in total. The van der Waals surface area contributed by atoms with Gasteiger partial charge in [0.1, 0.15) is 0 Å².